The summed E-state index contributed by atoms with van der Waals surface area (Å²) in [6.07, 6.45) is -0.155. The maximum Gasteiger partial charge on any atom is 0.266 e. The number of hydrogen-bond acceptors (Lipinski definition) is 2. The Balaban J connectivity index is 2.52. The third-order valence-corrected chi connectivity index (χ3v) is 1.54. The van der Waals surface area contributed by atoms with Gasteiger partial charge in [-0.25, -0.2) is 8.78 Å². The standard InChI is InChI=1S/C5H9F2NO/c6-5(7)1-2-8-4(5)3-9/h4,8-9H,1-3H2/t4-/m1/s1. The van der Waals surface area contributed by atoms with Gasteiger partial charge in [-0.05, 0) is 0 Å². The summed E-state index contributed by atoms with van der Waals surface area (Å²) < 4.78 is 24.8. The number of alkyl halides is 2. The van der Waals surface area contributed by atoms with Crippen molar-refractivity contribution in [1.29, 1.82) is 0 Å². The Morgan fingerprint density at radius 3 is 2.56 bits per heavy atom. The topological polar surface area (TPSA) is 32.3 Å². The second-order valence-corrected chi connectivity index (χ2v) is 2.20. The fourth-order valence-corrected chi connectivity index (χ4v) is 0.935. The van der Waals surface area contributed by atoms with Crippen LogP contribution in [0.25, 0.3) is 0 Å². The molecule has 0 aromatic rings. The lowest BCUT2D eigenvalue weighted by molar-refractivity contribution is -0.0263. The van der Waals surface area contributed by atoms with E-state index >= 15 is 0 Å². The predicted molar refractivity (Wildman–Crippen MR) is 28.4 cm³/mol. The Bertz CT molecular complexity index is 107. The van der Waals surface area contributed by atoms with Crippen LogP contribution >= 0.6 is 0 Å². The number of nitrogens with one attached hydrogen (secondary N) is 1. The second-order valence-electron chi connectivity index (χ2n) is 2.20. The van der Waals surface area contributed by atoms with Crippen molar-refractivity contribution < 1.29 is 13.9 Å². The fourth-order valence-electron chi connectivity index (χ4n) is 0.935. The Morgan fingerprint density at radius 1 is 1.67 bits per heavy atom. The second kappa shape index (κ2) is 2.19. The molecule has 0 saturated carbocycles. The maximum absolute atomic E-state index is 12.4. The third kappa shape index (κ3) is 1.19. The van der Waals surface area contributed by atoms with Gasteiger partial charge in [0.15, 0.2) is 0 Å². The Hall–Kier alpha value is -0.220. The Labute approximate surface area is 51.9 Å². The number of hydrogen-bond donors (Lipinski definition) is 2. The van der Waals surface area contributed by atoms with Gasteiger partial charge in [0, 0.05) is 13.0 Å². The molecule has 0 aromatic carbocycles. The van der Waals surface area contributed by atoms with E-state index in [0.29, 0.717) is 6.54 Å². The van der Waals surface area contributed by atoms with E-state index < -0.39 is 18.6 Å². The predicted octanol–water partition coefficient (Wildman–Crippen LogP) is -0.0241. The van der Waals surface area contributed by atoms with E-state index in [2.05, 4.69) is 5.32 Å². The van der Waals surface area contributed by atoms with Crippen LogP contribution in [0.5, 0.6) is 0 Å². The molecule has 1 heterocycles. The lowest BCUT2D eigenvalue weighted by Gasteiger charge is -2.14. The normalized spacial score (nSPS) is 33.0. The molecule has 0 aromatic heterocycles. The largest absolute Gasteiger partial charge is 0.395 e. The van der Waals surface area contributed by atoms with Crippen molar-refractivity contribution in [3.8, 4) is 0 Å². The highest BCUT2D eigenvalue weighted by Gasteiger charge is 2.42. The minimum atomic E-state index is -2.70. The van der Waals surface area contributed by atoms with Crippen LogP contribution in [-0.4, -0.2) is 30.2 Å². The maximum atomic E-state index is 12.4. The summed E-state index contributed by atoms with van der Waals surface area (Å²) in [6.45, 7) is -0.175. The first-order chi connectivity index (χ1) is 4.17. The van der Waals surface area contributed by atoms with Crippen LogP contribution < -0.4 is 5.32 Å². The highest BCUT2D eigenvalue weighted by molar-refractivity contribution is 4.89. The van der Waals surface area contributed by atoms with E-state index in [1.165, 1.54) is 0 Å². The van der Waals surface area contributed by atoms with Gasteiger partial charge >= 0.3 is 0 Å². The summed E-state index contributed by atoms with van der Waals surface area (Å²) in [5.74, 6) is -2.70. The molecule has 0 radical (unpaired) electrons. The van der Waals surface area contributed by atoms with Crippen LogP contribution in [0.15, 0.2) is 0 Å². The van der Waals surface area contributed by atoms with Crippen LogP contribution in [0, 0.1) is 0 Å². The highest BCUT2D eigenvalue weighted by Crippen LogP contribution is 2.26. The minimum absolute atomic E-state index is 0.155. The average molecular weight is 137 g/mol. The van der Waals surface area contributed by atoms with Crippen molar-refractivity contribution in [2.24, 2.45) is 0 Å². The van der Waals surface area contributed by atoms with Gasteiger partial charge in [0.25, 0.3) is 5.92 Å². The molecule has 1 atom stereocenters. The first kappa shape index (κ1) is 6.89. The molecule has 0 spiro atoms. The number of rotatable bonds is 1. The molecular formula is C5H9F2NO. The lowest BCUT2D eigenvalue weighted by atomic mass is 10.2. The molecule has 1 rings (SSSR count). The summed E-state index contributed by atoms with van der Waals surface area (Å²) in [6, 6.07) is -1.02. The Kier molecular flexibility index (Phi) is 1.68. The van der Waals surface area contributed by atoms with Crippen molar-refractivity contribution >= 4 is 0 Å². The van der Waals surface area contributed by atoms with Gasteiger partial charge in [-0.1, -0.05) is 0 Å². The molecule has 1 aliphatic rings. The molecular weight excluding hydrogens is 128 g/mol. The molecule has 9 heavy (non-hydrogen) atoms. The van der Waals surface area contributed by atoms with E-state index in [-0.39, 0.29) is 6.42 Å². The van der Waals surface area contributed by atoms with Gasteiger partial charge in [-0.2, -0.15) is 0 Å². The zero-order valence-corrected chi connectivity index (χ0v) is 4.90. The fraction of sp³-hybridized carbons (Fsp3) is 1.00. The molecule has 0 aliphatic carbocycles. The van der Waals surface area contributed by atoms with Crippen molar-refractivity contribution in [2.75, 3.05) is 13.2 Å². The van der Waals surface area contributed by atoms with Gasteiger partial charge in [0.05, 0.1) is 12.6 Å². The first-order valence-electron chi connectivity index (χ1n) is 2.89. The molecule has 2 N–H and O–H groups in total. The average Bonchev–Trinajstić information content (AvgIpc) is 2.08. The van der Waals surface area contributed by atoms with Gasteiger partial charge in [0.2, 0.25) is 0 Å². The molecule has 54 valence electrons. The molecule has 0 bridgehead atoms. The molecule has 4 heteroatoms. The quantitative estimate of drug-likeness (QED) is 0.532. The monoisotopic (exact) mass is 137 g/mol. The van der Waals surface area contributed by atoms with Gasteiger partial charge in [-0.15, -0.1) is 0 Å². The Morgan fingerprint density at radius 2 is 2.33 bits per heavy atom. The lowest BCUT2D eigenvalue weighted by Crippen LogP contribution is -2.38. The molecule has 1 aliphatic heterocycles. The number of halogens is 2. The smallest absolute Gasteiger partial charge is 0.266 e. The number of aliphatic hydroxyl groups is 1. The summed E-state index contributed by atoms with van der Waals surface area (Å²) in [5, 5.41) is 10.9. The summed E-state index contributed by atoms with van der Waals surface area (Å²) in [4.78, 5) is 0. The third-order valence-electron chi connectivity index (χ3n) is 1.54. The van der Waals surface area contributed by atoms with Gasteiger partial charge in [0.1, 0.15) is 0 Å². The van der Waals surface area contributed by atoms with Crippen LogP contribution in [0.1, 0.15) is 6.42 Å². The van der Waals surface area contributed by atoms with E-state index in [9.17, 15) is 8.78 Å². The van der Waals surface area contributed by atoms with E-state index in [4.69, 9.17) is 5.11 Å². The summed E-state index contributed by atoms with van der Waals surface area (Å²) >= 11 is 0. The van der Waals surface area contributed by atoms with E-state index in [1.807, 2.05) is 0 Å². The molecule has 1 saturated heterocycles. The highest BCUT2D eigenvalue weighted by atomic mass is 19.3. The molecule has 0 unspecified atom stereocenters. The van der Waals surface area contributed by atoms with E-state index in [0.717, 1.165) is 0 Å². The molecule has 0 amide bonds. The van der Waals surface area contributed by atoms with Crippen molar-refractivity contribution in [1.82, 2.24) is 5.32 Å². The van der Waals surface area contributed by atoms with E-state index in [1.54, 1.807) is 0 Å². The SMILES string of the molecule is OC[C@H]1NCCC1(F)F. The minimum Gasteiger partial charge on any atom is -0.395 e. The van der Waals surface area contributed by atoms with Gasteiger partial charge in [-0.3, -0.25) is 0 Å². The van der Waals surface area contributed by atoms with Crippen LogP contribution in [0.2, 0.25) is 0 Å². The van der Waals surface area contributed by atoms with Crippen LogP contribution in [-0.2, 0) is 0 Å². The van der Waals surface area contributed by atoms with Crippen molar-refractivity contribution in [3.63, 3.8) is 0 Å². The zero-order valence-electron chi connectivity index (χ0n) is 4.90. The first-order valence-corrected chi connectivity index (χ1v) is 2.89. The zero-order chi connectivity index (χ0) is 6.91. The van der Waals surface area contributed by atoms with Gasteiger partial charge < -0.3 is 10.4 Å². The van der Waals surface area contributed by atoms with Crippen molar-refractivity contribution in [2.45, 2.75) is 18.4 Å². The number of aliphatic hydroxyl groups excluding tert-OH is 1. The van der Waals surface area contributed by atoms with Crippen LogP contribution in [0.3, 0.4) is 0 Å². The summed E-state index contributed by atoms with van der Waals surface area (Å²) in [7, 11) is 0. The molecule has 2 nitrogen and oxygen atoms in total. The van der Waals surface area contributed by atoms with Crippen LogP contribution in [0.4, 0.5) is 8.78 Å². The van der Waals surface area contributed by atoms with Crippen molar-refractivity contribution in [3.05, 3.63) is 0 Å². The molecule has 1 fully saturated rings. The summed E-state index contributed by atoms with van der Waals surface area (Å²) in [5.41, 5.74) is 0.